The summed E-state index contributed by atoms with van der Waals surface area (Å²) < 4.78 is 29.7. The molecule has 0 N–H and O–H groups in total. The summed E-state index contributed by atoms with van der Waals surface area (Å²) in [4.78, 5) is 24.0. The van der Waals surface area contributed by atoms with Crippen molar-refractivity contribution in [2.24, 2.45) is 23.7 Å². The number of esters is 1. The van der Waals surface area contributed by atoms with Crippen LogP contribution in [0.4, 0.5) is 0 Å². The van der Waals surface area contributed by atoms with Crippen LogP contribution in [0.15, 0.2) is 24.3 Å². The van der Waals surface area contributed by atoms with Gasteiger partial charge in [-0.3, -0.25) is 0 Å². The van der Waals surface area contributed by atoms with E-state index in [4.69, 9.17) is 33.5 Å². The number of carbonyl (C=O) groups excluding carboxylic acids is 1. The summed E-state index contributed by atoms with van der Waals surface area (Å²) in [6.45, 7) is 7.30. The lowest BCUT2D eigenvalue weighted by Crippen LogP contribution is -2.70. The van der Waals surface area contributed by atoms with Gasteiger partial charge in [-0.2, -0.15) is 0 Å². The van der Waals surface area contributed by atoms with Crippen molar-refractivity contribution >= 4 is 5.97 Å². The van der Waals surface area contributed by atoms with Gasteiger partial charge in [-0.15, -0.1) is 0 Å². The second-order valence-corrected chi connectivity index (χ2v) is 10.3. The number of ether oxygens (including phenoxy) is 5. The molecule has 1 aliphatic carbocycles. The van der Waals surface area contributed by atoms with E-state index >= 15 is 0 Å². The number of hydrogen-bond donors (Lipinski definition) is 0. The van der Waals surface area contributed by atoms with Crippen molar-refractivity contribution in [2.75, 3.05) is 20.3 Å². The summed E-state index contributed by atoms with van der Waals surface area (Å²) in [5.41, 5.74) is -0.161. The Hall–Kier alpha value is -1.71. The van der Waals surface area contributed by atoms with Gasteiger partial charge in [0, 0.05) is 24.7 Å². The van der Waals surface area contributed by atoms with Gasteiger partial charge in [0.2, 0.25) is 5.79 Å². The van der Waals surface area contributed by atoms with Crippen molar-refractivity contribution in [3.05, 3.63) is 29.8 Å². The zero-order valence-electron chi connectivity index (χ0n) is 20.5. The third-order valence-electron chi connectivity index (χ3n) is 8.22. The largest absolute Gasteiger partial charge is 0.493 e. The van der Waals surface area contributed by atoms with Crippen LogP contribution < -0.4 is 4.74 Å². The SMILES string of the molecule is COC(=O)c1ccccc1OCCCO[C@H]1O[C@@H]2O[C@@]3(C)CCC4[C@H](C)CC[C@@H]([C@H]1C)[C@]42OO3. The molecule has 8 nitrogen and oxygen atoms in total. The Morgan fingerprint density at radius 1 is 1.09 bits per heavy atom. The van der Waals surface area contributed by atoms with Crippen LogP contribution in [-0.4, -0.2) is 50.3 Å². The van der Waals surface area contributed by atoms with E-state index in [9.17, 15) is 4.79 Å². The number of benzene rings is 1. The minimum absolute atomic E-state index is 0.141. The number of methoxy groups -OCH3 is 1. The lowest BCUT2D eigenvalue weighted by molar-refractivity contribution is -0.577. The van der Waals surface area contributed by atoms with Crippen molar-refractivity contribution in [1.29, 1.82) is 0 Å². The van der Waals surface area contributed by atoms with Crippen molar-refractivity contribution < 1.29 is 38.3 Å². The second kappa shape index (κ2) is 9.39. The molecular formula is C26H36O8. The highest BCUT2D eigenvalue weighted by Crippen LogP contribution is 2.60. The van der Waals surface area contributed by atoms with Crippen LogP contribution >= 0.6 is 0 Å². The fourth-order valence-corrected chi connectivity index (χ4v) is 6.37. The third kappa shape index (κ3) is 4.03. The lowest BCUT2D eigenvalue weighted by atomic mass is 9.58. The van der Waals surface area contributed by atoms with E-state index in [-0.39, 0.29) is 18.1 Å². The molecule has 8 atom stereocenters. The Kier molecular flexibility index (Phi) is 6.63. The highest BCUT2D eigenvalue weighted by molar-refractivity contribution is 5.92. The highest BCUT2D eigenvalue weighted by atomic mass is 17.3. The van der Waals surface area contributed by atoms with Crippen LogP contribution in [0, 0.1) is 23.7 Å². The Morgan fingerprint density at radius 3 is 2.74 bits per heavy atom. The van der Waals surface area contributed by atoms with Crippen molar-refractivity contribution in [3.8, 4) is 5.75 Å². The smallest absolute Gasteiger partial charge is 0.341 e. The molecule has 0 radical (unpaired) electrons. The van der Waals surface area contributed by atoms with Crippen LogP contribution in [0.25, 0.3) is 0 Å². The summed E-state index contributed by atoms with van der Waals surface area (Å²) in [5.74, 6) is 0.558. The van der Waals surface area contributed by atoms with Crippen LogP contribution in [0.5, 0.6) is 5.75 Å². The predicted octanol–water partition coefficient (Wildman–Crippen LogP) is 4.47. The highest BCUT2D eigenvalue weighted by Gasteiger charge is 2.69. The zero-order chi connectivity index (χ0) is 23.9. The molecule has 1 saturated carbocycles. The molecular weight excluding hydrogens is 440 g/mol. The van der Waals surface area contributed by atoms with Gasteiger partial charge in [0.05, 0.1) is 20.3 Å². The average Bonchev–Trinajstić information content (AvgIpc) is 3.07. The molecule has 1 spiro atoms. The predicted molar refractivity (Wildman–Crippen MR) is 121 cm³/mol. The molecule has 4 heterocycles. The summed E-state index contributed by atoms with van der Waals surface area (Å²) in [7, 11) is 1.36. The Bertz CT molecular complexity index is 891. The van der Waals surface area contributed by atoms with Crippen LogP contribution in [-0.2, 0) is 28.7 Å². The molecule has 8 heteroatoms. The second-order valence-electron chi connectivity index (χ2n) is 10.3. The van der Waals surface area contributed by atoms with Gasteiger partial charge in [-0.25, -0.2) is 14.6 Å². The molecule has 0 amide bonds. The molecule has 6 rings (SSSR count). The first-order valence-electron chi connectivity index (χ1n) is 12.5. The van der Waals surface area contributed by atoms with Crippen LogP contribution in [0.3, 0.4) is 0 Å². The maximum Gasteiger partial charge on any atom is 0.341 e. The van der Waals surface area contributed by atoms with E-state index < -0.39 is 23.6 Å². The quantitative estimate of drug-likeness (QED) is 0.324. The zero-order valence-corrected chi connectivity index (χ0v) is 20.5. The molecule has 188 valence electrons. The van der Waals surface area contributed by atoms with E-state index in [1.165, 1.54) is 7.11 Å². The summed E-state index contributed by atoms with van der Waals surface area (Å²) in [5, 5.41) is 0. The minimum atomic E-state index is -0.788. The molecule has 1 unspecified atom stereocenters. The van der Waals surface area contributed by atoms with Crippen molar-refractivity contribution in [2.45, 2.75) is 76.8 Å². The van der Waals surface area contributed by atoms with Crippen molar-refractivity contribution in [3.63, 3.8) is 0 Å². The number of fused-ring (bicyclic) bond motifs is 2. The van der Waals surface area contributed by atoms with E-state index in [1.807, 2.05) is 13.0 Å². The monoisotopic (exact) mass is 476 g/mol. The molecule has 4 saturated heterocycles. The molecule has 2 bridgehead atoms. The lowest BCUT2D eigenvalue weighted by Gasteiger charge is -2.60. The van der Waals surface area contributed by atoms with Gasteiger partial charge in [-0.05, 0) is 50.2 Å². The average molecular weight is 477 g/mol. The Labute approximate surface area is 201 Å². The van der Waals surface area contributed by atoms with Crippen LogP contribution in [0.2, 0.25) is 0 Å². The van der Waals surface area contributed by atoms with Gasteiger partial charge in [0.25, 0.3) is 0 Å². The number of rotatable bonds is 7. The summed E-state index contributed by atoms with van der Waals surface area (Å²) in [6, 6.07) is 7.07. The molecule has 5 fully saturated rings. The third-order valence-corrected chi connectivity index (χ3v) is 8.22. The number of para-hydroxylation sites is 1. The first kappa shape index (κ1) is 24.0. The maximum absolute atomic E-state index is 11.9. The van der Waals surface area contributed by atoms with Gasteiger partial charge in [0.15, 0.2) is 18.2 Å². The Balaban J connectivity index is 1.21. The van der Waals surface area contributed by atoms with Crippen LogP contribution in [0.1, 0.15) is 63.2 Å². The van der Waals surface area contributed by atoms with Crippen molar-refractivity contribution in [1.82, 2.24) is 0 Å². The molecule has 34 heavy (non-hydrogen) atoms. The fourth-order valence-electron chi connectivity index (χ4n) is 6.37. The van der Waals surface area contributed by atoms with E-state index in [0.717, 1.165) is 25.7 Å². The van der Waals surface area contributed by atoms with Gasteiger partial charge in [-0.1, -0.05) is 26.0 Å². The number of hydrogen-bond acceptors (Lipinski definition) is 8. The normalized spacial score (nSPS) is 40.8. The number of carbonyl (C=O) groups is 1. The summed E-state index contributed by atoms with van der Waals surface area (Å²) >= 11 is 0. The first-order chi connectivity index (χ1) is 16.4. The van der Waals surface area contributed by atoms with Gasteiger partial charge >= 0.3 is 5.97 Å². The van der Waals surface area contributed by atoms with Gasteiger partial charge in [0.1, 0.15) is 11.3 Å². The molecule has 5 aliphatic rings. The molecule has 1 aromatic carbocycles. The summed E-state index contributed by atoms with van der Waals surface area (Å²) in [6.07, 6.45) is 3.76. The first-order valence-corrected chi connectivity index (χ1v) is 12.5. The van der Waals surface area contributed by atoms with E-state index in [0.29, 0.717) is 42.8 Å². The topological polar surface area (TPSA) is 81.7 Å². The molecule has 4 aliphatic heterocycles. The molecule has 1 aromatic rings. The fraction of sp³-hybridized carbons (Fsp3) is 0.731. The molecule has 0 aromatic heterocycles. The minimum Gasteiger partial charge on any atom is -0.493 e. The van der Waals surface area contributed by atoms with Gasteiger partial charge < -0.3 is 23.7 Å². The standard InChI is InChI=1S/C26H36O8/c1-16-10-11-20-17(2)23(31-24-26(20)19(16)12-13-25(3,32-24)33-34-26)30-15-7-14-29-21-9-6-5-8-18(21)22(27)28-4/h5-6,8-9,16-17,19-20,23-24H,7,10-15H2,1-4H3/t16-,17-,19?,20+,23+,24-,25-,26-/m1/s1. The van der Waals surface area contributed by atoms with E-state index in [2.05, 4.69) is 13.8 Å². The van der Waals surface area contributed by atoms with E-state index in [1.54, 1.807) is 18.2 Å². The Morgan fingerprint density at radius 2 is 1.91 bits per heavy atom. The maximum atomic E-state index is 11.9.